The Balaban J connectivity index is 1.29. The fourth-order valence-corrected chi connectivity index (χ4v) is 5.68. The maximum Gasteiger partial charge on any atom is 0.286 e. The SMILES string of the molecule is O=C1N=C(N2CCN(C(c3ccccc3)c3ccccc3)CC2)S/C1=C\c1ccccc1Br. The third-order valence-corrected chi connectivity index (χ3v) is 7.75. The number of rotatable bonds is 4. The van der Waals surface area contributed by atoms with Gasteiger partial charge in [0.05, 0.1) is 10.9 Å². The minimum atomic E-state index is -0.153. The van der Waals surface area contributed by atoms with Crippen LogP contribution in [0, 0.1) is 0 Å². The summed E-state index contributed by atoms with van der Waals surface area (Å²) in [6, 6.07) is 29.5. The molecule has 2 aliphatic heterocycles. The summed E-state index contributed by atoms with van der Waals surface area (Å²) in [6.07, 6.45) is 1.92. The Kier molecular flexibility index (Phi) is 6.76. The number of nitrogens with zero attached hydrogens (tertiary/aromatic N) is 3. The molecule has 1 saturated heterocycles. The molecule has 6 heteroatoms. The molecule has 0 radical (unpaired) electrons. The zero-order valence-corrected chi connectivity index (χ0v) is 20.5. The second-order valence-electron chi connectivity index (χ2n) is 8.08. The van der Waals surface area contributed by atoms with Crippen molar-refractivity contribution in [2.24, 2.45) is 4.99 Å². The first-order valence-corrected chi connectivity index (χ1v) is 12.7. The van der Waals surface area contributed by atoms with Gasteiger partial charge in [-0.15, -0.1) is 0 Å². The molecule has 166 valence electrons. The number of hydrogen-bond acceptors (Lipinski definition) is 4. The number of amides is 1. The molecule has 0 aliphatic carbocycles. The standard InChI is InChI=1S/C27H24BrN3OS/c28-23-14-8-7-13-22(23)19-24-26(32)29-27(33-24)31-17-15-30(16-18-31)25(20-9-3-1-4-10-20)21-11-5-2-6-12-21/h1-14,19,25H,15-18H2/b24-19-. The second-order valence-corrected chi connectivity index (χ2v) is 9.94. The average Bonchev–Trinajstić information content (AvgIpc) is 3.23. The number of halogens is 1. The van der Waals surface area contributed by atoms with Gasteiger partial charge in [-0.1, -0.05) is 94.8 Å². The molecule has 0 unspecified atom stereocenters. The minimum Gasteiger partial charge on any atom is -0.348 e. The van der Waals surface area contributed by atoms with E-state index in [1.807, 2.05) is 30.3 Å². The zero-order chi connectivity index (χ0) is 22.6. The molecule has 5 rings (SSSR count). The van der Waals surface area contributed by atoms with E-state index in [0.717, 1.165) is 41.4 Å². The van der Waals surface area contributed by atoms with Crippen LogP contribution in [0.15, 0.2) is 99.3 Å². The third-order valence-electron chi connectivity index (χ3n) is 5.98. The first-order chi connectivity index (χ1) is 16.2. The van der Waals surface area contributed by atoms with E-state index >= 15 is 0 Å². The second kappa shape index (κ2) is 10.1. The molecule has 2 heterocycles. The summed E-state index contributed by atoms with van der Waals surface area (Å²) in [4.78, 5) is 22.4. The highest BCUT2D eigenvalue weighted by Crippen LogP contribution is 2.34. The maximum atomic E-state index is 12.6. The number of carbonyl (C=O) groups is 1. The molecular weight excluding hydrogens is 494 g/mol. The molecule has 0 bridgehead atoms. The van der Waals surface area contributed by atoms with E-state index in [9.17, 15) is 4.79 Å². The van der Waals surface area contributed by atoms with Crippen molar-refractivity contribution in [2.75, 3.05) is 26.2 Å². The van der Waals surface area contributed by atoms with Gasteiger partial charge in [0.15, 0.2) is 5.17 Å². The van der Waals surface area contributed by atoms with Crippen LogP contribution < -0.4 is 0 Å². The quantitative estimate of drug-likeness (QED) is 0.408. The van der Waals surface area contributed by atoms with Gasteiger partial charge in [0, 0.05) is 30.7 Å². The van der Waals surface area contributed by atoms with E-state index in [4.69, 9.17) is 0 Å². The van der Waals surface area contributed by atoms with Gasteiger partial charge < -0.3 is 4.90 Å². The first kappa shape index (κ1) is 22.1. The van der Waals surface area contributed by atoms with Gasteiger partial charge in [-0.2, -0.15) is 4.99 Å². The molecule has 2 aliphatic rings. The highest BCUT2D eigenvalue weighted by atomic mass is 79.9. The molecule has 4 nitrogen and oxygen atoms in total. The molecule has 0 aromatic heterocycles. The summed E-state index contributed by atoms with van der Waals surface area (Å²) in [6.45, 7) is 3.51. The van der Waals surface area contributed by atoms with Crippen molar-refractivity contribution in [3.05, 3.63) is 111 Å². The average molecular weight is 518 g/mol. The van der Waals surface area contributed by atoms with Crippen molar-refractivity contribution in [2.45, 2.75) is 6.04 Å². The molecule has 0 N–H and O–H groups in total. The molecule has 3 aromatic carbocycles. The first-order valence-electron chi connectivity index (χ1n) is 11.0. The Morgan fingerprint density at radius 2 is 1.39 bits per heavy atom. The largest absolute Gasteiger partial charge is 0.348 e. The number of piperazine rings is 1. The van der Waals surface area contributed by atoms with Gasteiger partial charge in [-0.05, 0) is 40.6 Å². The van der Waals surface area contributed by atoms with Crippen LogP contribution in [0.25, 0.3) is 6.08 Å². The number of amidine groups is 1. The lowest BCUT2D eigenvalue weighted by atomic mass is 9.96. The molecule has 3 aromatic rings. The van der Waals surface area contributed by atoms with Gasteiger partial charge in [0.25, 0.3) is 5.91 Å². The van der Waals surface area contributed by atoms with Crippen molar-refractivity contribution in [1.29, 1.82) is 0 Å². The van der Waals surface area contributed by atoms with Gasteiger partial charge >= 0.3 is 0 Å². The molecule has 1 amide bonds. The predicted molar refractivity (Wildman–Crippen MR) is 140 cm³/mol. The van der Waals surface area contributed by atoms with Crippen molar-refractivity contribution in [3.63, 3.8) is 0 Å². The summed E-state index contributed by atoms with van der Waals surface area (Å²) in [7, 11) is 0. The van der Waals surface area contributed by atoms with Crippen LogP contribution in [0.2, 0.25) is 0 Å². The Bertz CT molecular complexity index is 1150. The Hall–Kier alpha value is -2.67. The maximum absolute atomic E-state index is 12.6. The predicted octanol–water partition coefficient (Wildman–Crippen LogP) is 5.83. The highest BCUT2D eigenvalue weighted by Gasteiger charge is 2.31. The lowest BCUT2D eigenvalue weighted by Gasteiger charge is -2.40. The zero-order valence-electron chi connectivity index (χ0n) is 18.1. The number of thioether (sulfide) groups is 1. The van der Waals surface area contributed by atoms with E-state index in [2.05, 4.69) is 91.4 Å². The van der Waals surface area contributed by atoms with Crippen LogP contribution in [0.3, 0.4) is 0 Å². The summed E-state index contributed by atoms with van der Waals surface area (Å²) in [5.74, 6) is -0.153. The summed E-state index contributed by atoms with van der Waals surface area (Å²) >= 11 is 5.03. The fourth-order valence-electron chi connectivity index (χ4n) is 4.32. The van der Waals surface area contributed by atoms with Crippen LogP contribution in [0.1, 0.15) is 22.7 Å². The van der Waals surface area contributed by atoms with Crippen LogP contribution in [-0.2, 0) is 4.79 Å². The van der Waals surface area contributed by atoms with Gasteiger partial charge in [0.2, 0.25) is 0 Å². The number of aliphatic imine (C=N–C) groups is 1. The van der Waals surface area contributed by atoms with Crippen molar-refractivity contribution in [3.8, 4) is 0 Å². The Morgan fingerprint density at radius 1 is 0.818 bits per heavy atom. The molecular formula is C27H24BrN3OS. The molecule has 0 spiro atoms. The van der Waals surface area contributed by atoms with E-state index < -0.39 is 0 Å². The number of benzene rings is 3. The molecule has 0 atom stereocenters. The van der Waals surface area contributed by atoms with E-state index in [1.165, 1.54) is 22.9 Å². The van der Waals surface area contributed by atoms with Gasteiger partial charge in [-0.3, -0.25) is 9.69 Å². The number of hydrogen-bond donors (Lipinski definition) is 0. The lowest BCUT2D eigenvalue weighted by Crippen LogP contribution is -2.49. The van der Waals surface area contributed by atoms with Crippen LogP contribution >= 0.6 is 27.7 Å². The fraction of sp³-hybridized carbons (Fsp3) is 0.185. The number of carbonyl (C=O) groups excluding carboxylic acids is 1. The molecule has 1 fully saturated rings. The van der Waals surface area contributed by atoms with Gasteiger partial charge in [-0.25, -0.2) is 0 Å². The van der Waals surface area contributed by atoms with Crippen LogP contribution in [0.4, 0.5) is 0 Å². The van der Waals surface area contributed by atoms with E-state index in [0.29, 0.717) is 4.91 Å². The normalized spacial score (nSPS) is 18.2. The molecule has 0 saturated carbocycles. The van der Waals surface area contributed by atoms with Crippen molar-refractivity contribution in [1.82, 2.24) is 9.80 Å². The summed E-state index contributed by atoms with van der Waals surface area (Å²) < 4.78 is 0.973. The van der Waals surface area contributed by atoms with E-state index in [-0.39, 0.29) is 11.9 Å². The van der Waals surface area contributed by atoms with E-state index in [1.54, 1.807) is 0 Å². The summed E-state index contributed by atoms with van der Waals surface area (Å²) in [5.41, 5.74) is 3.60. The monoisotopic (exact) mass is 517 g/mol. The van der Waals surface area contributed by atoms with Crippen LogP contribution in [0.5, 0.6) is 0 Å². The minimum absolute atomic E-state index is 0.153. The third kappa shape index (κ3) is 4.98. The van der Waals surface area contributed by atoms with Crippen molar-refractivity contribution >= 4 is 44.8 Å². The topological polar surface area (TPSA) is 35.9 Å². The highest BCUT2D eigenvalue weighted by molar-refractivity contribution is 9.10. The smallest absolute Gasteiger partial charge is 0.286 e. The van der Waals surface area contributed by atoms with Gasteiger partial charge in [0.1, 0.15) is 0 Å². The molecule has 33 heavy (non-hydrogen) atoms. The summed E-state index contributed by atoms with van der Waals surface area (Å²) in [5, 5.41) is 0.814. The Labute approximate surface area is 207 Å². The Morgan fingerprint density at radius 3 is 2.00 bits per heavy atom. The lowest BCUT2D eigenvalue weighted by molar-refractivity contribution is -0.113. The van der Waals surface area contributed by atoms with Crippen molar-refractivity contribution < 1.29 is 4.79 Å². The van der Waals surface area contributed by atoms with Crippen LogP contribution in [-0.4, -0.2) is 47.1 Å².